The molecule has 3 aliphatic rings. The number of nitrogens with zero attached hydrogens (tertiary/aromatic N) is 1. The number of carbonyl (C=O) groups excluding carboxylic acids is 2. The average molecular weight is 454 g/mol. The smallest absolute Gasteiger partial charge is 0.243 e. The fraction of sp³-hybridized carbons (Fsp3) is 0.714. The van der Waals surface area contributed by atoms with Gasteiger partial charge in [0.15, 0.2) is 0 Å². The van der Waals surface area contributed by atoms with Crippen LogP contribution in [0.15, 0.2) is 24.3 Å². The molecular formula is C28H43N3O2. The van der Waals surface area contributed by atoms with Gasteiger partial charge in [-0.15, -0.1) is 0 Å². The average Bonchev–Trinajstić information content (AvgIpc) is 3.27. The summed E-state index contributed by atoms with van der Waals surface area (Å²) >= 11 is 0. The molecule has 33 heavy (non-hydrogen) atoms. The maximum Gasteiger partial charge on any atom is 0.243 e. The minimum Gasteiger partial charge on any atom is -0.347 e. The van der Waals surface area contributed by atoms with Crippen LogP contribution in [0.1, 0.15) is 89.3 Å². The zero-order valence-corrected chi connectivity index (χ0v) is 21.0. The van der Waals surface area contributed by atoms with Crippen molar-refractivity contribution in [3.63, 3.8) is 0 Å². The van der Waals surface area contributed by atoms with E-state index in [1.165, 1.54) is 30.4 Å². The van der Waals surface area contributed by atoms with E-state index in [1.807, 2.05) is 11.9 Å². The molecule has 2 fully saturated rings. The van der Waals surface area contributed by atoms with Gasteiger partial charge in [0, 0.05) is 6.54 Å². The van der Waals surface area contributed by atoms with E-state index in [4.69, 9.17) is 0 Å². The molecule has 1 aromatic rings. The van der Waals surface area contributed by atoms with Crippen LogP contribution in [0.5, 0.6) is 0 Å². The number of carbonyl (C=O) groups is 2. The van der Waals surface area contributed by atoms with Gasteiger partial charge >= 0.3 is 0 Å². The van der Waals surface area contributed by atoms with Crippen molar-refractivity contribution >= 4 is 11.8 Å². The molecule has 2 aliphatic carbocycles. The molecule has 0 bridgehead atoms. The molecule has 5 nitrogen and oxygen atoms in total. The van der Waals surface area contributed by atoms with E-state index >= 15 is 0 Å². The summed E-state index contributed by atoms with van der Waals surface area (Å²) < 4.78 is 0. The summed E-state index contributed by atoms with van der Waals surface area (Å²) in [5.74, 6) is 0.842. The van der Waals surface area contributed by atoms with E-state index in [0.29, 0.717) is 18.4 Å². The predicted octanol–water partition coefficient (Wildman–Crippen LogP) is 4.61. The second-order valence-electron chi connectivity index (χ2n) is 11.6. The Balaban J connectivity index is 1.53. The van der Waals surface area contributed by atoms with Crippen LogP contribution in [0.4, 0.5) is 0 Å². The van der Waals surface area contributed by atoms with Crippen molar-refractivity contribution in [1.29, 1.82) is 0 Å². The third-order valence-electron chi connectivity index (χ3n) is 8.50. The van der Waals surface area contributed by atoms with Gasteiger partial charge in [0.2, 0.25) is 11.8 Å². The highest BCUT2D eigenvalue weighted by Gasteiger charge is 2.46. The maximum atomic E-state index is 13.8. The SMILES string of the molecule is CNC(C(=O)N1CC(C(C)(C)C)CC1C(=O)NC1CCCc2ccccc21)C1CCCCC1. The quantitative estimate of drug-likeness (QED) is 0.684. The van der Waals surface area contributed by atoms with Crippen molar-refractivity contribution in [3.8, 4) is 0 Å². The highest BCUT2D eigenvalue weighted by atomic mass is 16.2. The molecule has 2 N–H and O–H groups in total. The summed E-state index contributed by atoms with van der Waals surface area (Å²) in [6.07, 6.45) is 9.75. The van der Waals surface area contributed by atoms with E-state index in [1.54, 1.807) is 0 Å². The van der Waals surface area contributed by atoms with Crippen molar-refractivity contribution in [1.82, 2.24) is 15.5 Å². The Labute approximate surface area is 200 Å². The van der Waals surface area contributed by atoms with E-state index in [2.05, 4.69) is 55.7 Å². The zero-order valence-electron chi connectivity index (χ0n) is 21.0. The first kappa shape index (κ1) is 24.3. The summed E-state index contributed by atoms with van der Waals surface area (Å²) in [4.78, 5) is 29.4. The second kappa shape index (κ2) is 10.2. The number of likely N-dealkylation sites (tertiary alicyclic amines) is 1. The summed E-state index contributed by atoms with van der Waals surface area (Å²) in [5, 5.41) is 6.69. The number of benzene rings is 1. The fourth-order valence-corrected chi connectivity index (χ4v) is 6.33. The highest BCUT2D eigenvalue weighted by Crippen LogP contribution is 2.39. The monoisotopic (exact) mass is 453 g/mol. The van der Waals surface area contributed by atoms with Gasteiger partial charge in [-0.3, -0.25) is 9.59 Å². The van der Waals surface area contributed by atoms with Crippen molar-refractivity contribution in [2.45, 2.75) is 96.7 Å². The standard InChI is InChI=1S/C28H43N3O2/c1-28(2,3)21-17-24(26(32)30-23-16-10-14-19-11-8-9-15-22(19)23)31(18-21)27(33)25(29-4)20-12-6-5-7-13-20/h8-9,11,15,20-21,23-25,29H,5-7,10,12-14,16-18H2,1-4H3,(H,30,32). The molecule has 4 rings (SSSR count). The van der Waals surface area contributed by atoms with Crippen molar-refractivity contribution < 1.29 is 9.59 Å². The number of rotatable bonds is 5. The highest BCUT2D eigenvalue weighted by molar-refractivity contribution is 5.91. The van der Waals surface area contributed by atoms with E-state index in [0.717, 1.165) is 38.5 Å². The normalized spacial score (nSPS) is 27.2. The molecule has 4 unspecified atom stereocenters. The lowest BCUT2D eigenvalue weighted by Gasteiger charge is -2.35. The molecule has 182 valence electrons. The first-order valence-corrected chi connectivity index (χ1v) is 13.2. The predicted molar refractivity (Wildman–Crippen MR) is 133 cm³/mol. The van der Waals surface area contributed by atoms with E-state index in [9.17, 15) is 9.59 Å². The fourth-order valence-electron chi connectivity index (χ4n) is 6.33. The van der Waals surface area contributed by atoms with E-state index in [-0.39, 0.29) is 35.4 Å². The van der Waals surface area contributed by atoms with Crippen molar-refractivity contribution in [2.24, 2.45) is 17.3 Å². The number of hydrogen-bond acceptors (Lipinski definition) is 3. The molecule has 4 atom stereocenters. The Morgan fingerprint density at radius 3 is 2.45 bits per heavy atom. The van der Waals surface area contributed by atoms with Crippen LogP contribution in [0.25, 0.3) is 0 Å². The third-order valence-corrected chi connectivity index (χ3v) is 8.50. The van der Waals surface area contributed by atoms with E-state index < -0.39 is 0 Å². The molecule has 1 saturated heterocycles. The van der Waals surface area contributed by atoms with Crippen LogP contribution < -0.4 is 10.6 Å². The molecule has 1 aliphatic heterocycles. The van der Waals surface area contributed by atoms with Crippen molar-refractivity contribution in [3.05, 3.63) is 35.4 Å². The van der Waals surface area contributed by atoms with Gasteiger partial charge in [-0.2, -0.15) is 0 Å². The molecule has 2 amide bonds. The maximum absolute atomic E-state index is 13.8. The molecule has 1 heterocycles. The Hall–Kier alpha value is -1.88. The molecule has 1 saturated carbocycles. The van der Waals surface area contributed by atoms with Crippen LogP contribution in [0, 0.1) is 17.3 Å². The van der Waals surface area contributed by atoms with Crippen LogP contribution in [-0.2, 0) is 16.0 Å². The topological polar surface area (TPSA) is 61.4 Å². The Morgan fingerprint density at radius 2 is 1.76 bits per heavy atom. The molecule has 0 radical (unpaired) electrons. The summed E-state index contributed by atoms with van der Waals surface area (Å²) in [5.41, 5.74) is 2.65. The van der Waals surface area contributed by atoms with Gasteiger partial charge in [0.25, 0.3) is 0 Å². The molecule has 1 aromatic carbocycles. The lowest BCUT2D eigenvalue weighted by atomic mass is 9.79. The number of hydrogen-bond donors (Lipinski definition) is 2. The Morgan fingerprint density at radius 1 is 1.03 bits per heavy atom. The van der Waals surface area contributed by atoms with Gasteiger partial charge in [-0.1, -0.05) is 64.3 Å². The van der Waals surface area contributed by atoms with Crippen LogP contribution >= 0.6 is 0 Å². The number of nitrogens with one attached hydrogen (secondary N) is 2. The van der Waals surface area contributed by atoms with Crippen LogP contribution in [0.3, 0.4) is 0 Å². The van der Waals surface area contributed by atoms with Gasteiger partial charge in [-0.25, -0.2) is 0 Å². The Bertz CT molecular complexity index is 840. The largest absolute Gasteiger partial charge is 0.347 e. The summed E-state index contributed by atoms with van der Waals surface area (Å²) in [7, 11) is 1.91. The third kappa shape index (κ3) is 5.29. The number of likely N-dealkylation sites (N-methyl/N-ethyl adjacent to an activating group) is 1. The molecule has 0 spiro atoms. The van der Waals surface area contributed by atoms with Crippen molar-refractivity contribution in [2.75, 3.05) is 13.6 Å². The minimum atomic E-state index is -0.379. The number of aryl methyl sites for hydroxylation is 1. The first-order valence-electron chi connectivity index (χ1n) is 13.2. The van der Waals surface area contributed by atoms with Gasteiger partial charge < -0.3 is 15.5 Å². The number of fused-ring (bicyclic) bond motifs is 1. The van der Waals surface area contributed by atoms with Gasteiger partial charge in [0.1, 0.15) is 6.04 Å². The summed E-state index contributed by atoms with van der Waals surface area (Å²) in [6.45, 7) is 7.37. The minimum absolute atomic E-state index is 0.0234. The van der Waals surface area contributed by atoms with Gasteiger partial charge in [0.05, 0.1) is 12.1 Å². The zero-order chi connectivity index (χ0) is 23.6. The summed E-state index contributed by atoms with van der Waals surface area (Å²) in [6, 6.07) is 7.95. The second-order valence-corrected chi connectivity index (χ2v) is 11.6. The van der Waals surface area contributed by atoms with Gasteiger partial charge in [-0.05, 0) is 74.0 Å². The Kier molecular flexibility index (Phi) is 7.47. The molecule has 5 heteroatoms. The lowest BCUT2D eigenvalue weighted by molar-refractivity contribution is -0.141. The molecule has 0 aromatic heterocycles. The van der Waals surface area contributed by atoms with Crippen LogP contribution in [-0.4, -0.2) is 42.4 Å². The lowest BCUT2D eigenvalue weighted by Crippen LogP contribution is -2.54. The number of amides is 2. The first-order chi connectivity index (χ1) is 15.8. The van der Waals surface area contributed by atoms with Crippen LogP contribution in [0.2, 0.25) is 0 Å². The molecular weight excluding hydrogens is 410 g/mol.